The lowest BCUT2D eigenvalue weighted by Gasteiger charge is -2.07. The minimum absolute atomic E-state index is 1.34. The van der Waals surface area contributed by atoms with E-state index in [9.17, 15) is 0 Å². The van der Waals surface area contributed by atoms with Gasteiger partial charge in [-0.25, -0.2) is 0 Å². The third-order valence-corrected chi connectivity index (χ3v) is 2.56. The van der Waals surface area contributed by atoms with Crippen molar-refractivity contribution in [2.24, 2.45) is 0 Å². The van der Waals surface area contributed by atoms with Crippen molar-refractivity contribution in [3.8, 4) is 0 Å². The Labute approximate surface area is 87.0 Å². The molecule has 0 heterocycles. The molecule has 0 aromatic heterocycles. The predicted molar refractivity (Wildman–Crippen MR) is 64.3 cm³/mol. The van der Waals surface area contributed by atoms with E-state index in [2.05, 4.69) is 64.1 Å². The second-order valence-corrected chi connectivity index (χ2v) is 3.62. The zero-order chi connectivity index (χ0) is 10.6. The molecule has 0 spiro atoms. The second-order valence-electron chi connectivity index (χ2n) is 3.62. The lowest BCUT2D eigenvalue weighted by Crippen LogP contribution is -1.87. The Bertz CT molecular complexity index is 367. The summed E-state index contributed by atoms with van der Waals surface area (Å²) in [7, 11) is 0. The van der Waals surface area contributed by atoms with Crippen molar-refractivity contribution in [2.45, 2.75) is 27.7 Å². The third kappa shape index (κ3) is 2.35. The number of aryl methyl sites for hydroxylation is 1. The molecule has 0 fully saturated rings. The van der Waals surface area contributed by atoms with Gasteiger partial charge in [0.1, 0.15) is 0 Å². The van der Waals surface area contributed by atoms with Crippen molar-refractivity contribution in [1.29, 1.82) is 0 Å². The first-order valence-corrected chi connectivity index (χ1v) is 5.03. The number of benzene rings is 1. The van der Waals surface area contributed by atoms with Gasteiger partial charge in [0.2, 0.25) is 0 Å². The average molecular weight is 186 g/mol. The summed E-state index contributed by atoms with van der Waals surface area (Å²) in [5.41, 5.74) is 5.39. The van der Waals surface area contributed by atoms with Crippen LogP contribution in [-0.2, 0) is 0 Å². The second kappa shape index (κ2) is 4.80. The molecule has 0 atom stereocenters. The topological polar surface area (TPSA) is 0 Å². The Hall–Kier alpha value is -1.30. The van der Waals surface area contributed by atoms with Gasteiger partial charge in [0, 0.05) is 0 Å². The Morgan fingerprint density at radius 3 is 2.36 bits per heavy atom. The smallest absolute Gasteiger partial charge is 0.0195 e. The largest absolute Gasteiger partial charge is 0.0874 e. The first-order valence-electron chi connectivity index (χ1n) is 5.03. The van der Waals surface area contributed by atoms with Crippen LogP contribution in [-0.4, -0.2) is 0 Å². The van der Waals surface area contributed by atoms with Crippen molar-refractivity contribution >= 4 is 5.57 Å². The minimum atomic E-state index is 1.34. The van der Waals surface area contributed by atoms with Crippen LogP contribution in [0.5, 0.6) is 0 Å². The molecule has 14 heavy (non-hydrogen) atoms. The third-order valence-electron chi connectivity index (χ3n) is 2.56. The maximum Gasteiger partial charge on any atom is -0.0195 e. The molecule has 0 unspecified atom stereocenters. The molecular formula is C14H18. The van der Waals surface area contributed by atoms with Gasteiger partial charge in [-0.3, -0.25) is 0 Å². The first kappa shape index (κ1) is 10.8. The van der Waals surface area contributed by atoms with Crippen LogP contribution in [0.4, 0.5) is 0 Å². The monoisotopic (exact) mass is 186 g/mol. The number of allylic oxidation sites excluding steroid dienone is 4. The van der Waals surface area contributed by atoms with Crippen molar-refractivity contribution in [3.63, 3.8) is 0 Å². The van der Waals surface area contributed by atoms with Crippen LogP contribution in [0.3, 0.4) is 0 Å². The summed E-state index contributed by atoms with van der Waals surface area (Å²) < 4.78 is 0. The van der Waals surface area contributed by atoms with E-state index in [1.54, 1.807) is 0 Å². The molecule has 0 amide bonds. The summed E-state index contributed by atoms with van der Waals surface area (Å²) >= 11 is 0. The van der Waals surface area contributed by atoms with E-state index in [0.717, 1.165) is 0 Å². The maximum atomic E-state index is 2.18. The molecule has 0 aliphatic carbocycles. The van der Waals surface area contributed by atoms with Crippen LogP contribution in [0.2, 0.25) is 0 Å². The summed E-state index contributed by atoms with van der Waals surface area (Å²) in [5.74, 6) is 0. The highest BCUT2D eigenvalue weighted by Crippen LogP contribution is 2.21. The van der Waals surface area contributed by atoms with Gasteiger partial charge in [-0.1, -0.05) is 36.4 Å². The molecule has 0 bridgehead atoms. The Morgan fingerprint density at radius 2 is 1.79 bits per heavy atom. The first-order chi connectivity index (χ1) is 6.66. The van der Waals surface area contributed by atoms with Gasteiger partial charge in [-0.15, -0.1) is 0 Å². The van der Waals surface area contributed by atoms with E-state index in [0.29, 0.717) is 0 Å². The van der Waals surface area contributed by atoms with Crippen molar-refractivity contribution in [3.05, 3.63) is 53.1 Å². The van der Waals surface area contributed by atoms with Crippen LogP contribution in [0.25, 0.3) is 5.57 Å². The van der Waals surface area contributed by atoms with Gasteiger partial charge in [0.05, 0.1) is 0 Å². The molecule has 74 valence electrons. The van der Waals surface area contributed by atoms with Gasteiger partial charge >= 0.3 is 0 Å². The summed E-state index contributed by atoms with van der Waals surface area (Å²) in [6.07, 6.45) is 4.23. The van der Waals surface area contributed by atoms with Gasteiger partial charge < -0.3 is 0 Å². The van der Waals surface area contributed by atoms with Crippen molar-refractivity contribution in [1.82, 2.24) is 0 Å². The molecule has 0 nitrogen and oxygen atoms in total. The van der Waals surface area contributed by atoms with Crippen LogP contribution >= 0.6 is 0 Å². The molecule has 1 aromatic rings. The Balaban J connectivity index is 3.18. The van der Waals surface area contributed by atoms with Crippen LogP contribution in [0, 0.1) is 6.92 Å². The van der Waals surface area contributed by atoms with Crippen LogP contribution in [0.15, 0.2) is 42.0 Å². The number of hydrogen-bond acceptors (Lipinski definition) is 0. The van der Waals surface area contributed by atoms with Gasteiger partial charge in [-0.2, -0.15) is 0 Å². The SMILES string of the molecule is CC=CC(C)=C(C)c1ccccc1C. The predicted octanol–water partition coefficient (Wildman–Crippen LogP) is 4.36. The van der Waals surface area contributed by atoms with Crippen molar-refractivity contribution in [2.75, 3.05) is 0 Å². The molecule has 0 heteroatoms. The zero-order valence-electron chi connectivity index (χ0n) is 9.46. The number of rotatable bonds is 2. The highest BCUT2D eigenvalue weighted by atomic mass is 14.1. The summed E-state index contributed by atoms with van der Waals surface area (Å²) in [6, 6.07) is 8.51. The molecule has 0 N–H and O–H groups in total. The van der Waals surface area contributed by atoms with E-state index in [-0.39, 0.29) is 0 Å². The molecule has 0 aliphatic heterocycles. The minimum Gasteiger partial charge on any atom is -0.0874 e. The zero-order valence-corrected chi connectivity index (χ0v) is 9.46. The van der Waals surface area contributed by atoms with Crippen LogP contribution < -0.4 is 0 Å². The fourth-order valence-electron chi connectivity index (χ4n) is 1.58. The lowest BCUT2D eigenvalue weighted by molar-refractivity contribution is 1.37. The molecule has 1 aromatic carbocycles. The summed E-state index contributed by atoms with van der Waals surface area (Å²) in [4.78, 5) is 0. The van der Waals surface area contributed by atoms with Gasteiger partial charge in [0.25, 0.3) is 0 Å². The fourth-order valence-corrected chi connectivity index (χ4v) is 1.58. The molecule has 0 radical (unpaired) electrons. The lowest BCUT2D eigenvalue weighted by atomic mass is 9.98. The van der Waals surface area contributed by atoms with Crippen LogP contribution in [0.1, 0.15) is 31.9 Å². The Kier molecular flexibility index (Phi) is 3.70. The summed E-state index contributed by atoms with van der Waals surface area (Å²) in [6.45, 7) is 8.54. The van der Waals surface area contributed by atoms with E-state index >= 15 is 0 Å². The number of hydrogen-bond donors (Lipinski definition) is 0. The normalized spacial score (nSPS) is 13.1. The fraction of sp³-hybridized carbons (Fsp3) is 0.286. The van der Waals surface area contributed by atoms with E-state index in [4.69, 9.17) is 0 Å². The van der Waals surface area contributed by atoms with E-state index in [1.807, 2.05) is 0 Å². The van der Waals surface area contributed by atoms with E-state index in [1.165, 1.54) is 22.3 Å². The standard InChI is InChI=1S/C14H18/c1-5-8-11(2)13(4)14-10-7-6-9-12(14)3/h5-10H,1-4H3. The highest BCUT2D eigenvalue weighted by molar-refractivity contribution is 5.70. The van der Waals surface area contributed by atoms with Gasteiger partial charge in [-0.05, 0) is 50.0 Å². The molecular weight excluding hydrogens is 168 g/mol. The van der Waals surface area contributed by atoms with E-state index < -0.39 is 0 Å². The molecule has 0 saturated heterocycles. The Morgan fingerprint density at radius 1 is 1.14 bits per heavy atom. The van der Waals surface area contributed by atoms with Crippen molar-refractivity contribution < 1.29 is 0 Å². The highest BCUT2D eigenvalue weighted by Gasteiger charge is 2.00. The molecule has 0 aliphatic rings. The molecule has 1 rings (SSSR count). The quantitative estimate of drug-likeness (QED) is 0.602. The van der Waals surface area contributed by atoms with Gasteiger partial charge in [0.15, 0.2) is 0 Å². The average Bonchev–Trinajstić information content (AvgIpc) is 2.18. The molecule has 0 saturated carbocycles. The maximum absolute atomic E-state index is 2.18. The summed E-state index contributed by atoms with van der Waals surface area (Å²) in [5, 5.41) is 0.